The Morgan fingerprint density at radius 3 is 2.00 bits per heavy atom. The number of hydrogen-bond acceptors (Lipinski definition) is 0. The summed E-state index contributed by atoms with van der Waals surface area (Å²) >= 11 is 0. The van der Waals surface area contributed by atoms with Gasteiger partial charge in [-0.25, -0.2) is 0 Å². The first-order chi connectivity index (χ1) is 7.93. The molecule has 0 radical (unpaired) electrons. The maximum absolute atomic E-state index is 3.71. The lowest BCUT2D eigenvalue weighted by atomic mass is 10.1. The maximum atomic E-state index is 3.71. The normalized spacial score (nSPS) is 8.00. The number of aryl methyl sites for hydroxylation is 1. The van der Waals surface area contributed by atoms with Gasteiger partial charge in [0.15, 0.2) is 0 Å². The monoisotopic (exact) mass is 220 g/mol. The number of unbranched alkanes of at least 4 members (excludes halogenated alkanes) is 2. The van der Waals surface area contributed by atoms with E-state index in [1.165, 1.54) is 24.8 Å². The van der Waals surface area contributed by atoms with Gasteiger partial charge in [0.25, 0.3) is 0 Å². The molecule has 0 atom stereocenters. The van der Waals surface area contributed by atoms with Crippen LogP contribution in [0.3, 0.4) is 0 Å². The molecule has 1 aromatic carbocycles. The second kappa shape index (κ2) is 16.4. The van der Waals surface area contributed by atoms with E-state index in [1.807, 2.05) is 33.8 Å². The molecular formula is C16H28. The molecule has 0 fully saturated rings. The largest absolute Gasteiger partial charge is 0.103 e. The van der Waals surface area contributed by atoms with Gasteiger partial charge in [0.05, 0.1) is 0 Å². The molecule has 0 heteroatoms. The highest BCUT2D eigenvalue weighted by molar-refractivity contribution is 5.14. The van der Waals surface area contributed by atoms with Gasteiger partial charge < -0.3 is 0 Å². The van der Waals surface area contributed by atoms with E-state index in [9.17, 15) is 0 Å². The lowest BCUT2D eigenvalue weighted by Crippen LogP contribution is -1.83. The topological polar surface area (TPSA) is 0 Å². The zero-order chi connectivity index (χ0) is 12.6. The molecule has 1 aromatic rings. The quantitative estimate of drug-likeness (QED) is 0.445. The Morgan fingerprint density at radius 1 is 0.938 bits per heavy atom. The standard InChI is InChI=1S/C12H16.2C2H6/c1-2-3-4-6-9-12-10-7-5-8-11-12;2*1-2/h2,5,7-8,10-11H,1,3-4,6,9H2;2*1-2H3. The van der Waals surface area contributed by atoms with E-state index in [1.54, 1.807) is 0 Å². The first kappa shape index (κ1) is 17.4. The summed E-state index contributed by atoms with van der Waals surface area (Å²) in [7, 11) is 0. The highest BCUT2D eigenvalue weighted by Gasteiger charge is 1.89. The molecule has 0 aliphatic rings. The minimum atomic E-state index is 1.15. The average Bonchev–Trinajstić information content (AvgIpc) is 2.41. The van der Waals surface area contributed by atoms with Crippen molar-refractivity contribution in [2.24, 2.45) is 0 Å². The van der Waals surface area contributed by atoms with Crippen molar-refractivity contribution in [3.63, 3.8) is 0 Å². The van der Waals surface area contributed by atoms with Gasteiger partial charge >= 0.3 is 0 Å². The van der Waals surface area contributed by atoms with E-state index in [0.29, 0.717) is 0 Å². The van der Waals surface area contributed by atoms with Crippen LogP contribution in [0.4, 0.5) is 0 Å². The maximum Gasteiger partial charge on any atom is -0.0279 e. The van der Waals surface area contributed by atoms with Crippen molar-refractivity contribution >= 4 is 0 Å². The second-order valence-corrected chi connectivity index (χ2v) is 3.02. The average molecular weight is 220 g/mol. The molecule has 16 heavy (non-hydrogen) atoms. The molecule has 0 amide bonds. The third-order valence-electron chi connectivity index (χ3n) is 1.97. The number of hydrogen-bond donors (Lipinski definition) is 0. The van der Waals surface area contributed by atoms with Crippen LogP contribution in [0.5, 0.6) is 0 Å². The number of rotatable bonds is 5. The van der Waals surface area contributed by atoms with E-state index in [0.717, 1.165) is 6.42 Å². The van der Waals surface area contributed by atoms with E-state index >= 15 is 0 Å². The third kappa shape index (κ3) is 11.0. The summed E-state index contributed by atoms with van der Waals surface area (Å²) in [5, 5.41) is 0. The highest BCUT2D eigenvalue weighted by Crippen LogP contribution is 2.05. The molecule has 0 saturated heterocycles. The summed E-state index contributed by atoms with van der Waals surface area (Å²) in [5.41, 5.74) is 1.45. The van der Waals surface area contributed by atoms with E-state index in [-0.39, 0.29) is 0 Å². The molecule has 0 saturated carbocycles. The van der Waals surface area contributed by atoms with Crippen LogP contribution in [0.25, 0.3) is 0 Å². The number of benzene rings is 1. The van der Waals surface area contributed by atoms with Gasteiger partial charge in [-0.05, 0) is 31.2 Å². The molecule has 92 valence electrons. The van der Waals surface area contributed by atoms with E-state index < -0.39 is 0 Å². The summed E-state index contributed by atoms with van der Waals surface area (Å²) in [4.78, 5) is 0. The summed E-state index contributed by atoms with van der Waals surface area (Å²) in [6.45, 7) is 11.7. The predicted molar refractivity (Wildman–Crippen MR) is 76.9 cm³/mol. The van der Waals surface area contributed by atoms with Crippen molar-refractivity contribution < 1.29 is 0 Å². The smallest absolute Gasteiger partial charge is 0.0279 e. The van der Waals surface area contributed by atoms with Crippen LogP contribution >= 0.6 is 0 Å². The molecule has 0 spiro atoms. The Kier molecular flexibility index (Phi) is 17.8. The van der Waals surface area contributed by atoms with Crippen molar-refractivity contribution in [3.8, 4) is 0 Å². The Morgan fingerprint density at radius 2 is 1.50 bits per heavy atom. The molecule has 0 N–H and O–H groups in total. The van der Waals surface area contributed by atoms with Crippen LogP contribution in [0.1, 0.15) is 52.5 Å². The lowest BCUT2D eigenvalue weighted by molar-refractivity contribution is 0.748. The summed E-state index contributed by atoms with van der Waals surface area (Å²) < 4.78 is 0. The van der Waals surface area contributed by atoms with Crippen LogP contribution in [0, 0.1) is 0 Å². The van der Waals surface area contributed by atoms with Gasteiger partial charge in [-0.1, -0.05) is 64.1 Å². The predicted octanol–water partition coefficient (Wildman–Crippen LogP) is 5.64. The van der Waals surface area contributed by atoms with Gasteiger partial charge in [-0.3, -0.25) is 0 Å². The fourth-order valence-electron chi connectivity index (χ4n) is 1.26. The molecule has 1 rings (SSSR count). The van der Waals surface area contributed by atoms with Crippen molar-refractivity contribution in [3.05, 3.63) is 48.6 Å². The first-order valence-corrected chi connectivity index (χ1v) is 6.58. The molecule has 0 aliphatic carbocycles. The van der Waals surface area contributed by atoms with E-state index in [4.69, 9.17) is 0 Å². The van der Waals surface area contributed by atoms with Gasteiger partial charge in [-0.2, -0.15) is 0 Å². The molecule has 0 aromatic heterocycles. The summed E-state index contributed by atoms with van der Waals surface area (Å²) in [6, 6.07) is 10.6. The molecular weight excluding hydrogens is 192 g/mol. The Labute approximate surface area is 102 Å². The van der Waals surface area contributed by atoms with Gasteiger partial charge in [0.1, 0.15) is 0 Å². The second-order valence-electron chi connectivity index (χ2n) is 3.02. The molecule has 0 heterocycles. The van der Waals surface area contributed by atoms with Crippen LogP contribution in [0.2, 0.25) is 0 Å². The third-order valence-corrected chi connectivity index (χ3v) is 1.97. The van der Waals surface area contributed by atoms with Gasteiger partial charge in [-0.15, -0.1) is 6.58 Å². The Bertz CT molecular complexity index is 211. The first-order valence-electron chi connectivity index (χ1n) is 6.58. The van der Waals surface area contributed by atoms with Crippen molar-refractivity contribution in [1.29, 1.82) is 0 Å². The van der Waals surface area contributed by atoms with Crippen LogP contribution in [0.15, 0.2) is 43.0 Å². The Hall–Kier alpha value is -1.04. The van der Waals surface area contributed by atoms with Gasteiger partial charge in [0.2, 0.25) is 0 Å². The summed E-state index contributed by atoms with van der Waals surface area (Å²) in [5.74, 6) is 0. The lowest BCUT2D eigenvalue weighted by Gasteiger charge is -1.98. The van der Waals surface area contributed by atoms with Crippen LogP contribution in [-0.2, 0) is 6.42 Å². The molecule has 0 aliphatic heterocycles. The minimum Gasteiger partial charge on any atom is -0.103 e. The zero-order valence-electron chi connectivity index (χ0n) is 11.5. The fraction of sp³-hybridized carbons (Fsp3) is 0.500. The molecule has 0 unspecified atom stereocenters. The van der Waals surface area contributed by atoms with Crippen molar-refractivity contribution in [1.82, 2.24) is 0 Å². The van der Waals surface area contributed by atoms with E-state index in [2.05, 4.69) is 36.9 Å². The highest BCUT2D eigenvalue weighted by atomic mass is 14.0. The summed E-state index contributed by atoms with van der Waals surface area (Å²) in [6.07, 6.45) is 6.88. The minimum absolute atomic E-state index is 1.15. The number of allylic oxidation sites excluding steroid dienone is 1. The van der Waals surface area contributed by atoms with Crippen molar-refractivity contribution in [2.45, 2.75) is 53.4 Å². The van der Waals surface area contributed by atoms with Crippen molar-refractivity contribution in [2.75, 3.05) is 0 Å². The van der Waals surface area contributed by atoms with Crippen LogP contribution in [-0.4, -0.2) is 0 Å². The zero-order valence-corrected chi connectivity index (χ0v) is 11.5. The Balaban J connectivity index is 0. The molecule has 0 bridgehead atoms. The fourth-order valence-corrected chi connectivity index (χ4v) is 1.26. The molecule has 0 nitrogen and oxygen atoms in total. The van der Waals surface area contributed by atoms with Gasteiger partial charge in [0, 0.05) is 0 Å². The SMILES string of the molecule is C=CCCCCc1ccccc1.CC.CC. The van der Waals surface area contributed by atoms with Crippen LogP contribution < -0.4 is 0 Å².